The Morgan fingerprint density at radius 1 is 1.14 bits per heavy atom. The minimum atomic E-state index is -0.273. The normalized spacial score (nSPS) is 19.1. The Bertz CT molecular complexity index is 1430. The van der Waals surface area contributed by atoms with Crippen molar-refractivity contribution in [3.05, 3.63) is 71.0 Å². The molecule has 8 nitrogen and oxygen atoms in total. The Morgan fingerprint density at radius 2 is 1.97 bits per heavy atom. The molecule has 2 aromatic heterocycles. The molecule has 2 aromatic carbocycles. The van der Waals surface area contributed by atoms with Crippen LogP contribution in [0.25, 0.3) is 11.0 Å². The predicted octanol–water partition coefficient (Wildman–Crippen LogP) is 4.34. The van der Waals surface area contributed by atoms with Crippen LogP contribution in [-0.4, -0.2) is 52.2 Å². The monoisotopic (exact) mass is 500 g/mol. The van der Waals surface area contributed by atoms with E-state index in [9.17, 15) is 4.79 Å². The van der Waals surface area contributed by atoms with Crippen molar-refractivity contribution in [1.29, 1.82) is 0 Å². The molecule has 2 N–H and O–H groups in total. The Kier molecular flexibility index (Phi) is 5.81. The molecule has 1 amide bonds. The molecule has 184 valence electrons. The lowest BCUT2D eigenvalue weighted by atomic mass is 9.94. The molecule has 0 saturated carbocycles. The molecule has 0 bridgehead atoms. The molecule has 1 unspecified atom stereocenters. The van der Waals surface area contributed by atoms with Crippen LogP contribution in [0, 0.1) is 0 Å². The molecular formula is C27H28N6O2S. The summed E-state index contributed by atoms with van der Waals surface area (Å²) in [5, 5.41) is 7.49. The topological polar surface area (TPSA) is 92.3 Å². The fourth-order valence-electron chi connectivity index (χ4n) is 4.92. The number of nitrogens with one attached hydrogen (secondary N) is 2. The van der Waals surface area contributed by atoms with Gasteiger partial charge in [0.25, 0.3) is 5.91 Å². The van der Waals surface area contributed by atoms with Gasteiger partial charge < -0.3 is 20.3 Å². The first kappa shape index (κ1) is 22.9. The number of morpholine rings is 1. The van der Waals surface area contributed by atoms with Crippen molar-refractivity contribution >= 4 is 44.8 Å². The molecule has 1 saturated heterocycles. The number of nitrogens with zero attached hydrogens (tertiary/aromatic N) is 4. The number of carbonyl (C=O) groups is 1. The second kappa shape index (κ2) is 9.15. The number of carbonyl (C=O) groups excluding carboxylic acids is 1. The van der Waals surface area contributed by atoms with Gasteiger partial charge in [0.05, 0.1) is 36.0 Å². The van der Waals surface area contributed by atoms with E-state index in [0.29, 0.717) is 13.2 Å². The van der Waals surface area contributed by atoms with Crippen molar-refractivity contribution in [2.75, 3.05) is 30.0 Å². The van der Waals surface area contributed by atoms with Gasteiger partial charge in [0.2, 0.25) is 0 Å². The van der Waals surface area contributed by atoms with Gasteiger partial charge >= 0.3 is 0 Å². The SMILES string of the molecule is CC1(C)Cc2nc(N3CCOCC3Cc3cccc(Nc4ccc5nccnc5c4)c3)sc2C(=O)N1. The summed E-state index contributed by atoms with van der Waals surface area (Å²) in [6, 6.07) is 14.6. The van der Waals surface area contributed by atoms with Crippen LogP contribution in [0.2, 0.25) is 0 Å². The molecule has 9 heteroatoms. The third-order valence-electron chi connectivity index (χ3n) is 6.58. The minimum absolute atomic E-state index is 0.0201. The van der Waals surface area contributed by atoms with Crippen LogP contribution >= 0.6 is 11.3 Å². The van der Waals surface area contributed by atoms with Gasteiger partial charge in [-0.2, -0.15) is 0 Å². The molecule has 6 rings (SSSR count). The van der Waals surface area contributed by atoms with Crippen LogP contribution in [-0.2, 0) is 17.6 Å². The lowest BCUT2D eigenvalue weighted by Crippen LogP contribution is -2.48. The van der Waals surface area contributed by atoms with Crippen LogP contribution in [0.4, 0.5) is 16.5 Å². The van der Waals surface area contributed by atoms with Crippen molar-refractivity contribution in [3.63, 3.8) is 0 Å². The van der Waals surface area contributed by atoms with Crippen LogP contribution < -0.4 is 15.5 Å². The summed E-state index contributed by atoms with van der Waals surface area (Å²) in [5.74, 6) is -0.0201. The Balaban J connectivity index is 1.21. The van der Waals surface area contributed by atoms with E-state index in [1.54, 1.807) is 12.4 Å². The summed E-state index contributed by atoms with van der Waals surface area (Å²) in [5.41, 5.74) is 5.56. The van der Waals surface area contributed by atoms with E-state index in [2.05, 4.69) is 49.8 Å². The zero-order valence-corrected chi connectivity index (χ0v) is 21.1. The largest absolute Gasteiger partial charge is 0.377 e. The Hall–Kier alpha value is -3.56. The summed E-state index contributed by atoms with van der Waals surface area (Å²) >= 11 is 1.49. The molecular weight excluding hydrogens is 472 g/mol. The summed E-state index contributed by atoms with van der Waals surface area (Å²) in [6.45, 7) is 6.12. The van der Waals surface area contributed by atoms with Crippen LogP contribution in [0.1, 0.15) is 34.8 Å². The number of rotatable bonds is 5. The fraction of sp³-hybridized carbons (Fsp3) is 0.333. The average molecular weight is 501 g/mol. The van der Waals surface area contributed by atoms with Gasteiger partial charge in [-0.15, -0.1) is 0 Å². The molecule has 1 fully saturated rings. The second-order valence-electron chi connectivity index (χ2n) is 10.00. The highest BCUT2D eigenvalue weighted by Crippen LogP contribution is 2.34. The molecule has 2 aliphatic heterocycles. The standard InChI is InChI=1S/C27H28N6O2S/c1-27(2)15-23-24(25(34)32-27)36-26(31-23)33-10-11-35-16-20(33)13-17-4-3-5-18(12-17)30-19-6-7-21-22(14-19)29-9-8-28-21/h3-9,12,14,20,30H,10-11,13,15-16H2,1-2H3,(H,32,34). The maximum Gasteiger partial charge on any atom is 0.263 e. The van der Waals surface area contributed by atoms with E-state index >= 15 is 0 Å². The highest BCUT2D eigenvalue weighted by Gasteiger charge is 2.35. The van der Waals surface area contributed by atoms with E-state index in [4.69, 9.17) is 9.72 Å². The molecule has 2 aliphatic rings. The summed E-state index contributed by atoms with van der Waals surface area (Å²) in [4.78, 5) is 29.3. The number of amides is 1. The highest BCUT2D eigenvalue weighted by molar-refractivity contribution is 7.17. The van der Waals surface area contributed by atoms with Crippen molar-refractivity contribution in [3.8, 4) is 0 Å². The number of hydrogen-bond acceptors (Lipinski definition) is 8. The van der Waals surface area contributed by atoms with Gasteiger partial charge in [0, 0.05) is 42.3 Å². The molecule has 4 heterocycles. The zero-order valence-electron chi connectivity index (χ0n) is 20.3. The van der Waals surface area contributed by atoms with Crippen LogP contribution in [0.15, 0.2) is 54.9 Å². The van der Waals surface area contributed by atoms with Crippen molar-refractivity contribution < 1.29 is 9.53 Å². The van der Waals surface area contributed by atoms with Crippen molar-refractivity contribution in [1.82, 2.24) is 20.3 Å². The van der Waals surface area contributed by atoms with Gasteiger partial charge in [-0.25, -0.2) is 4.98 Å². The third-order valence-corrected chi connectivity index (χ3v) is 7.72. The second-order valence-corrected chi connectivity index (χ2v) is 11.0. The van der Waals surface area contributed by atoms with E-state index in [0.717, 1.165) is 57.5 Å². The smallest absolute Gasteiger partial charge is 0.263 e. The third kappa shape index (κ3) is 4.64. The number of benzene rings is 2. The molecule has 1 atom stereocenters. The molecule has 0 spiro atoms. The Morgan fingerprint density at radius 3 is 2.86 bits per heavy atom. The average Bonchev–Trinajstić information content (AvgIpc) is 3.28. The zero-order chi connectivity index (χ0) is 24.7. The number of anilines is 3. The van der Waals surface area contributed by atoms with Gasteiger partial charge in [-0.3, -0.25) is 14.8 Å². The van der Waals surface area contributed by atoms with Gasteiger partial charge in [0.1, 0.15) is 4.88 Å². The minimum Gasteiger partial charge on any atom is -0.377 e. The van der Waals surface area contributed by atoms with Gasteiger partial charge in [-0.1, -0.05) is 23.5 Å². The van der Waals surface area contributed by atoms with Crippen LogP contribution in [0.5, 0.6) is 0 Å². The summed E-state index contributed by atoms with van der Waals surface area (Å²) in [7, 11) is 0. The highest BCUT2D eigenvalue weighted by atomic mass is 32.1. The maximum atomic E-state index is 12.6. The van der Waals surface area contributed by atoms with Crippen LogP contribution in [0.3, 0.4) is 0 Å². The maximum absolute atomic E-state index is 12.6. The fourth-order valence-corrected chi connectivity index (χ4v) is 5.99. The van der Waals surface area contributed by atoms with Crippen molar-refractivity contribution in [2.45, 2.75) is 38.3 Å². The van der Waals surface area contributed by atoms with Crippen molar-refractivity contribution in [2.24, 2.45) is 0 Å². The number of thiazole rings is 1. The lowest BCUT2D eigenvalue weighted by Gasteiger charge is -2.35. The van der Waals surface area contributed by atoms with Gasteiger partial charge in [0.15, 0.2) is 5.13 Å². The van der Waals surface area contributed by atoms with E-state index in [1.807, 2.05) is 32.0 Å². The quantitative estimate of drug-likeness (QED) is 0.421. The van der Waals surface area contributed by atoms with Gasteiger partial charge in [-0.05, 0) is 56.2 Å². The first-order chi connectivity index (χ1) is 17.4. The molecule has 4 aromatic rings. The Labute approximate surface area is 213 Å². The first-order valence-electron chi connectivity index (χ1n) is 12.2. The molecule has 36 heavy (non-hydrogen) atoms. The van der Waals surface area contributed by atoms with E-state index < -0.39 is 0 Å². The molecule has 0 aliphatic carbocycles. The predicted molar refractivity (Wildman–Crippen MR) is 142 cm³/mol. The van der Waals surface area contributed by atoms with E-state index in [-0.39, 0.29) is 17.5 Å². The molecule has 0 radical (unpaired) electrons. The number of ether oxygens (including phenoxy) is 1. The summed E-state index contributed by atoms with van der Waals surface area (Å²) in [6.07, 6.45) is 4.97. The first-order valence-corrected chi connectivity index (χ1v) is 13.0. The lowest BCUT2D eigenvalue weighted by molar-refractivity contribution is 0.0900. The number of hydrogen-bond donors (Lipinski definition) is 2. The number of fused-ring (bicyclic) bond motifs is 2. The summed E-state index contributed by atoms with van der Waals surface area (Å²) < 4.78 is 5.86. The number of aromatic nitrogens is 3. The van der Waals surface area contributed by atoms with E-state index in [1.165, 1.54) is 16.9 Å².